The number of halogens is 4. The maximum Gasteiger partial charge on any atom is 0.471 e. The molecule has 1 aromatic rings. The highest BCUT2D eigenvalue weighted by Crippen LogP contribution is 2.26. The highest BCUT2D eigenvalue weighted by molar-refractivity contribution is 6.34. The Morgan fingerprint density at radius 1 is 1.33 bits per heavy atom. The molecule has 0 aliphatic rings. The van der Waals surface area contributed by atoms with E-state index < -0.39 is 18.1 Å². The predicted molar refractivity (Wildman–Crippen MR) is 57.8 cm³/mol. The molecule has 1 amide bonds. The molecule has 1 rings (SSSR count). The SMILES string of the molecule is Cc1cc(C(=O)O)c(Cl)cc1NC(=O)C(F)(F)F. The third kappa shape index (κ3) is 3.13. The number of nitrogens with one attached hydrogen (secondary N) is 1. The average Bonchev–Trinajstić information content (AvgIpc) is 2.21. The first-order valence-corrected chi connectivity index (χ1v) is 4.92. The minimum atomic E-state index is -5.02. The summed E-state index contributed by atoms with van der Waals surface area (Å²) >= 11 is 5.58. The van der Waals surface area contributed by atoms with Crippen LogP contribution in [0.25, 0.3) is 0 Å². The lowest BCUT2D eigenvalue weighted by molar-refractivity contribution is -0.167. The second-order valence-electron chi connectivity index (χ2n) is 3.40. The third-order valence-corrected chi connectivity index (χ3v) is 2.36. The normalized spacial score (nSPS) is 11.2. The molecular formula is C10H7ClF3NO3. The molecule has 0 aliphatic carbocycles. The first kappa shape index (κ1) is 14.3. The van der Waals surface area contributed by atoms with Gasteiger partial charge in [-0.3, -0.25) is 4.79 Å². The Labute approximate surface area is 104 Å². The van der Waals surface area contributed by atoms with Gasteiger partial charge >= 0.3 is 18.1 Å². The minimum Gasteiger partial charge on any atom is -0.478 e. The molecule has 0 atom stereocenters. The first-order valence-electron chi connectivity index (χ1n) is 4.54. The molecule has 98 valence electrons. The Kier molecular flexibility index (Phi) is 3.85. The van der Waals surface area contributed by atoms with Crippen LogP contribution < -0.4 is 5.32 Å². The number of benzene rings is 1. The number of hydrogen-bond acceptors (Lipinski definition) is 2. The molecule has 0 aromatic heterocycles. The van der Waals surface area contributed by atoms with Crippen molar-refractivity contribution >= 4 is 29.2 Å². The third-order valence-electron chi connectivity index (χ3n) is 2.05. The summed E-state index contributed by atoms with van der Waals surface area (Å²) in [4.78, 5) is 21.4. The van der Waals surface area contributed by atoms with E-state index in [4.69, 9.17) is 16.7 Å². The number of rotatable bonds is 2. The Bertz CT molecular complexity index is 514. The van der Waals surface area contributed by atoms with Gasteiger partial charge in [0, 0.05) is 5.69 Å². The summed E-state index contributed by atoms with van der Waals surface area (Å²) in [6.45, 7) is 1.36. The van der Waals surface area contributed by atoms with E-state index in [1.165, 1.54) is 6.92 Å². The van der Waals surface area contributed by atoms with Crippen molar-refractivity contribution in [1.82, 2.24) is 0 Å². The van der Waals surface area contributed by atoms with Crippen LogP contribution in [0.15, 0.2) is 12.1 Å². The van der Waals surface area contributed by atoms with E-state index in [2.05, 4.69) is 0 Å². The van der Waals surface area contributed by atoms with Crippen LogP contribution >= 0.6 is 11.6 Å². The van der Waals surface area contributed by atoms with Gasteiger partial charge in [-0.2, -0.15) is 13.2 Å². The summed E-state index contributed by atoms with van der Waals surface area (Å²) in [5.41, 5.74) is -0.277. The molecular weight excluding hydrogens is 275 g/mol. The number of alkyl halides is 3. The molecule has 0 fully saturated rings. The van der Waals surface area contributed by atoms with Crippen molar-refractivity contribution in [2.75, 3.05) is 5.32 Å². The van der Waals surface area contributed by atoms with Crippen LogP contribution in [-0.2, 0) is 4.79 Å². The van der Waals surface area contributed by atoms with Gasteiger partial charge in [0.15, 0.2) is 0 Å². The number of aryl methyl sites for hydroxylation is 1. The van der Waals surface area contributed by atoms with Gasteiger partial charge < -0.3 is 10.4 Å². The van der Waals surface area contributed by atoms with Crippen molar-refractivity contribution in [2.45, 2.75) is 13.1 Å². The number of anilines is 1. The summed E-state index contributed by atoms with van der Waals surface area (Å²) in [6, 6.07) is 2.04. The van der Waals surface area contributed by atoms with E-state index in [0.717, 1.165) is 12.1 Å². The van der Waals surface area contributed by atoms with Crippen molar-refractivity contribution in [2.24, 2.45) is 0 Å². The zero-order chi connectivity index (χ0) is 14.1. The molecule has 4 nitrogen and oxygen atoms in total. The second kappa shape index (κ2) is 4.85. The lowest BCUT2D eigenvalue weighted by atomic mass is 10.1. The number of carboxylic acid groups (broad SMARTS) is 1. The van der Waals surface area contributed by atoms with E-state index in [1.54, 1.807) is 5.32 Å². The molecule has 0 radical (unpaired) electrons. The van der Waals surface area contributed by atoms with Gasteiger partial charge in [-0.1, -0.05) is 11.6 Å². The van der Waals surface area contributed by atoms with Crippen LogP contribution in [0, 0.1) is 6.92 Å². The van der Waals surface area contributed by atoms with Crippen LogP contribution in [0.5, 0.6) is 0 Å². The zero-order valence-electron chi connectivity index (χ0n) is 8.93. The van der Waals surface area contributed by atoms with Gasteiger partial charge in [0.1, 0.15) is 0 Å². The molecule has 0 bridgehead atoms. The van der Waals surface area contributed by atoms with Gasteiger partial charge in [0.25, 0.3) is 0 Å². The Balaban J connectivity index is 3.10. The van der Waals surface area contributed by atoms with Crippen LogP contribution in [0.4, 0.5) is 18.9 Å². The number of carboxylic acids is 1. The van der Waals surface area contributed by atoms with Crippen LogP contribution in [-0.4, -0.2) is 23.2 Å². The summed E-state index contributed by atoms with van der Waals surface area (Å²) in [7, 11) is 0. The summed E-state index contributed by atoms with van der Waals surface area (Å²) in [5.74, 6) is -3.46. The van der Waals surface area contributed by atoms with Crippen molar-refractivity contribution < 1.29 is 27.9 Å². The topological polar surface area (TPSA) is 66.4 Å². The lowest BCUT2D eigenvalue weighted by Crippen LogP contribution is -2.30. The Morgan fingerprint density at radius 3 is 2.33 bits per heavy atom. The Morgan fingerprint density at radius 2 is 1.89 bits per heavy atom. The van der Waals surface area contributed by atoms with Gasteiger partial charge in [0.2, 0.25) is 0 Å². The molecule has 8 heteroatoms. The minimum absolute atomic E-state index is 0.161. The monoisotopic (exact) mass is 281 g/mol. The van der Waals surface area contributed by atoms with Gasteiger partial charge in [-0.05, 0) is 24.6 Å². The maximum atomic E-state index is 12.0. The van der Waals surface area contributed by atoms with Crippen LogP contribution in [0.1, 0.15) is 15.9 Å². The zero-order valence-corrected chi connectivity index (χ0v) is 9.69. The highest BCUT2D eigenvalue weighted by Gasteiger charge is 2.38. The Hall–Kier alpha value is -1.76. The maximum absolute atomic E-state index is 12.0. The lowest BCUT2D eigenvalue weighted by Gasteiger charge is -2.11. The molecule has 0 aliphatic heterocycles. The average molecular weight is 282 g/mol. The molecule has 0 saturated carbocycles. The van der Waals surface area contributed by atoms with Crippen molar-refractivity contribution in [3.63, 3.8) is 0 Å². The number of amides is 1. The number of aromatic carboxylic acids is 1. The van der Waals surface area contributed by atoms with Crippen molar-refractivity contribution in [1.29, 1.82) is 0 Å². The van der Waals surface area contributed by atoms with E-state index in [-0.39, 0.29) is 21.8 Å². The number of carbonyl (C=O) groups excluding carboxylic acids is 1. The smallest absolute Gasteiger partial charge is 0.471 e. The number of hydrogen-bond donors (Lipinski definition) is 2. The standard InChI is InChI=1S/C10H7ClF3NO3/c1-4-2-5(8(16)17)6(11)3-7(4)15-9(18)10(12,13)14/h2-3H,1H3,(H,15,18)(H,16,17). The van der Waals surface area contributed by atoms with Gasteiger partial charge in [-0.25, -0.2) is 4.79 Å². The second-order valence-corrected chi connectivity index (χ2v) is 3.81. The fourth-order valence-corrected chi connectivity index (χ4v) is 1.42. The van der Waals surface area contributed by atoms with Crippen LogP contribution in [0.3, 0.4) is 0 Å². The molecule has 2 N–H and O–H groups in total. The molecule has 0 unspecified atom stereocenters. The predicted octanol–water partition coefficient (Wildman–Crippen LogP) is 2.85. The van der Waals surface area contributed by atoms with Crippen molar-refractivity contribution in [3.05, 3.63) is 28.3 Å². The van der Waals surface area contributed by atoms with Gasteiger partial charge in [-0.15, -0.1) is 0 Å². The first-order chi connectivity index (χ1) is 8.12. The quantitative estimate of drug-likeness (QED) is 0.876. The van der Waals surface area contributed by atoms with Crippen molar-refractivity contribution in [3.8, 4) is 0 Å². The number of carbonyl (C=O) groups is 2. The summed E-state index contributed by atoms with van der Waals surface area (Å²) < 4.78 is 36.1. The van der Waals surface area contributed by atoms with E-state index >= 15 is 0 Å². The summed E-state index contributed by atoms with van der Waals surface area (Å²) in [5, 5.41) is 10.1. The van der Waals surface area contributed by atoms with Gasteiger partial charge in [0.05, 0.1) is 10.6 Å². The molecule has 1 aromatic carbocycles. The molecule has 0 saturated heterocycles. The van der Waals surface area contributed by atoms with E-state index in [0.29, 0.717) is 0 Å². The van der Waals surface area contributed by atoms with E-state index in [1.807, 2.05) is 0 Å². The fraction of sp³-hybridized carbons (Fsp3) is 0.200. The fourth-order valence-electron chi connectivity index (χ4n) is 1.17. The molecule has 18 heavy (non-hydrogen) atoms. The largest absolute Gasteiger partial charge is 0.478 e. The van der Waals surface area contributed by atoms with E-state index in [9.17, 15) is 22.8 Å². The van der Waals surface area contributed by atoms with Crippen LogP contribution in [0.2, 0.25) is 5.02 Å². The molecule has 0 heterocycles. The molecule has 0 spiro atoms. The summed E-state index contributed by atoms with van der Waals surface area (Å²) in [6.07, 6.45) is -5.02. The highest BCUT2D eigenvalue weighted by atomic mass is 35.5.